The number of ether oxygens (including phenoxy) is 1. The molecule has 0 aromatic heterocycles. The highest BCUT2D eigenvalue weighted by atomic mass is 31.2. The molecule has 0 radical (unpaired) electrons. The van der Waals surface area contributed by atoms with E-state index in [0.717, 1.165) is 25.6 Å². The molecule has 0 bridgehead atoms. The van der Waals surface area contributed by atoms with Crippen LogP contribution < -0.4 is 0 Å². The van der Waals surface area contributed by atoms with E-state index in [9.17, 15) is 4.57 Å². The number of rotatable bonds is 8. The molecule has 3 nitrogen and oxygen atoms in total. The first kappa shape index (κ1) is 19.4. The highest BCUT2D eigenvalue weighted by Gasteiger charge is 2.37. The molecule has 0 amide bonds. The fourth-order valence-corrected chi connectivity index (χ4v) is 3.47. The predicted molar refractivity (Wildman–Crippen MR) is 87.5 cm³/mol. The van der Waals surface area contributed by atoms with Crippen LogP contribution in [0.3, 0.4) is 0 Å². The van der Waals surface area contributed by atoms with Crippen molar-refractivity contribution in [3.63, 3.8) is 0 Å². The van der Waals surface area contributed by atoms with Gasteiger partial charge in [-0.25, -0.2) is 0 Å². The monoisotopic (exact) mass is 308 g/mol. The van der Waals surface area contributed by atoms with Gasteiger partial charge < -0.3 is 13.7 Å². The maximum absolute atomic E-state index is 11.7. The minimum absolute atomic E-state index is 0.165. The quantitative estimate of drug-likeness (QED) is 0.491. The van der Waals surface area contributed by atoms with Crippen LogP contribution in [0.2, 0.25) is 18.1 Å². The summed E-state index contributed by atoms with van der Waals surface area (Å²) in [5, 5.41) is 0.248. The van der Waals surface area contributed by atoms with Crippen molar-refractivity contribution >= 4 is 15.5 Å². The summed E-state index contributed by atoms with van der Waals surface area (Å²) in [7, 11) is -1.86. The molecule has 0 saturated heterocycles. The first-order chi connectivity index (χ1) is 8.39. The van der Waals surface area contributed by atoms with E-state index < -0.39 is 15.5 Å². The SMILES string of the molecule is COC(CCO[Si](C)(C)C(C)(C)C)CCP(C)(C)=O. The Morgan fingerprint density at radius 3 is 2.05 bits per heavy atom. The van der Waals surface area contributed by atoms with E-state index >= 15 is 0 Å². The summed E-state index contributed by atoms with van der Waals surface area (Å²) < 4.78 is 23.3. The summed E-state index contributed by atoms with van der Waals surface area (Å²) in [6.07, 6.45) is 2.67. The van der Waals surface area contributed by atoms with E-state index in [1.54, 1.807) is 7.11 Å². The molecular formula is C14H33O3PSi. The maximum atomic E-state index is 11.7. The fourth-order valence-electron chi connectivity index (χ4n) is 1.50. The minimum atomic E-state index is -1.94. The Bertz CT molecular complexity index is 304. The smallest absolute Gasteiger partial charge is 0.191 e. The molecule has 0 aliphatic rings. The minimum Gasteiger partial charge on any atom is -0.417 e. The van der Waals surface area contributed by atoms with Gasteiger partial charge in [0.2, 0.25) is 0 Å². The lowest BCUT2D eigenvalue weighted by Crippen LogP contribution is -2.41. The average molecular weight is 308 g/mol. The third-order valence-corrected chi connectivity index (χ3v) is 9.91. The lowest BCUT2D eigenvalue weighted by Gasteiger charge is -2.36. The summed E-state index contributed by atoms with van der Waals surface area (Å²) in [6, 6.07) is 0. The van der Waals surface area contributed by atoms with Gasteiger partial charge in [-0.05, 0) is 44.3 Å². The standard InChI is InChI=1S/C14H33O3PSi/c1-14(2,3)19(7,8)17-11-9-13(16-4)10-12-18(5,6)15/h13H,9-12H2,1-8H3. The van der Waals surface area contributed by atoms with E-state index in [1.807, 2.05) is 13.3 Å². The molecule has 116 valence electrons. The van der Waals surface area contributed by atoms with Gasteiger partial charge in [-0.2, -0.15) is 0 Å². The second kappa shape index (κ2) is 7.40. The third-order valence-electron chi connectivity index (χ3n) is 4.03. The highest BCUT2D eigenvalue weighted by Crippen LogP contribution is 2.38. The van der Waals surface area contributed by atoms with Gasteiger partial charge in [0, 0.05) is 19.9 Å². The highest BCUT2D eigenvalue weighted by molar-refractivity contribution is 7.62. The zero-order valence-corrected chi connectivity index (χ0v) is 16.0. The molecule has 0 rings (SSSR count). The van der Waals surface area contributed by atoms with Crippen molar-refractivity contribution in [3.8, 4) is 0 Å². The largest absolute Gasteiger partial charge is 0.417 e. The molecule has 0 spiro atoms. The summed E-state index contributed by atoms with van der Waals surface area (Å²) in [5.74, 6) is 0. The van der Waals surface area contributed by atoms with Crippen LogP contribution in [0.1, 0.15) is 33.6 Å². The lowest BCUT2D eigenvalue weighted by atomic mass is 10.2. The van der Waals surface area contributed by atoms with Crippen molar-refractivity contribution in [1.82, 2.24) is 0 Å². The van der Waals surface area contributed by atoms with Crippen molar-refractivity contribution < 1.29 is 13.7 Å². The van der Waals surface area contributed by atoms with Crippen LogP contribution in [0.4, 0.5) is 0 Å². The molecule has 0 aliphatic heterocycles. The van der Waals surface area contributed by atoms with Crippen molar-refractivity contribution in [2.45, 2.75) is 57.8 Å². The van der Waals surface area contributed by atoms with Crippen LogP contribution in [0, 0.1) is 0 Å². The normalized spacial score (nSPS) is 15.6. The summed E-state index contributed by atoms with van der Waals surface area (Å²) in [5.41, 5.74) is 0. The summed E-state index contributed by atoms with van der Waals surface area (Å²) in [6.45, 7) is 15.7. The zero-order chi connectivity index (χ0) is 15.3. The van der Waals surface area contributed by atoms with Crippen molar-refractivity contribution in [1.29, 1.82) is 0 Å². The Kier molecular flexibility index (Phi) is 7.54. The molecule has 0 aliphatic carbocycles. The van der Waals surface area contributed by atoms with Crippen LogP contribution in [0.25, 0.3) is 0 Å². The topological polar surface area (TPSA) is 35.5 Å². The number of hydrogen-bond donors (Lipinski definition) is 0. The van der Waals surface area contributed by atoms with Gasteiger partial charge >= 0.3 is 0 Å². The van der Waals surface area contributed by atoms with Crippen LogP contribution in [-0.2, 0) is 13.7 Å². The number of methoxy groups -OCH3 is 1. The van der Waals surface area contributed by atoms with E-state index in [1.165, 1.54) is 0 Å². The van der Waals surface area contributed by atoms with Crippen molar-refractivity contribution in [2.75, 3.05) is 33.2 Å². The molecular weight excluding hydrogens is 275 g/mol. The molecule has 0 heterocycles. The Labute approximate surface area is 121 Å². The Hall–Kier alpha value is 0.367. The fraction of sp³-hybridized carbons (Fsp3) is 1.00. The van der Waals surface area contributed by atoms with E-state index in [0.29, 0.717) is 0 Å². The predicted octanol–water partition coefficient (Wildman–Crippen LogP) is 4.43. The zero-order valence-electron chi connectivity index (χ0n) is 14.1. The molecule has 1 unspecified atom stereocenters. The van der Waals surface area contributed by atoms with Gasteiger partial charge in [-0.3, -0.25) is 0 Å². The third kappa shape index (κ3) is 8.29. The molecule has 0 N–H and O–H groups in total. The van der Waals surface area contributed by atoms with Crippen LogP contribution in [0.5, 0.6) is 0 Å². The molecule has 0 saturated carbocycles. The van der Waals surface area contributed by atoms with Crippen molar-refractivity contribution in [2.24, 2.45) is 0 Å². The summed E-state index contributed by atoms with van der Waals surface area (Å²) in [4.78, 5) is 0. The summed E-state index contributed by atoms with van der Waals surface area (Å²) >= 11 is 0. The second-order valence-electron chi connectivity index (χ2n) is 7.34. The molecule has 5 heteroatoms. The first-order valence-electron chi connectivity index (χ1n) is 7.10. The Morgan fingerprint density at radius 2 is 1.68 bits per heavy atom. The van der Waals surface area contributed by atoms with E-state index in [4.69, 9.17) is 9.16 Å². The van der Waals surface area contributed by atoms with Gasteiger partial charge in [0.05, 0.1) is 13.2 Å². The van der Waals surface area contributed by atoms with Crippen LogP contribution in [-0.4, -0.2) is 47.6 Å². The van der Waals surface area contributed by atoms with Gasteiger partial charge in [0.1, 0.15) is 0 Å². The first-order valence-corrected chi connectivity index (χ1v) is 12.8. The molecule has 0 fully saturated rings. The van der Waals surface area contributed by atoms with Crippen LogP contribution in [0.15, 0.2) is 0 Å². The van der Waals surface area contributed by atoms with Gasteiger partial charge in [-0.15, -0.1) is 0 Å². The van der Waals surface area contributed by atoms with Gasteiger partial charge in [0.25, 0.3) is 0 Å². The Balaban J connectivity index is 4.13. The van der Waals surface area contributed by atoms with E-state index in [2.05, 4.69) is 33.9 Å². The molecule has 0 aromatic carbocycles. The second-order valence-corrected chi connectivity index (χ2v) is 15.7. The Morgan fingerprint density at radius 1 is 1.16 bits per heavy atom. The molecule has 19 heavy (non-hydrogen) atoms. The average Bonchev–Trinajstić information content (AvgIpc) is 2.19. The molecule has 1 atom stereocenters. The maximum Gasteiger partial charge on any atom is 0.191 e. The van der Waals surface area contributed by atoms with Gasteiger partial charge in [0.15, 0.2) is 8.32 Å². The van der Waals surface area contributed by atoms with Crippen molar-refractivity contribution in [3.05, 3.63) is 0 Å². The van der Waals surface area contributed by atoms with Gasteiger partial charge in [-0.1, -0.05) is 20.8 Å². The molecule has 0 aromatic rings. The lowest BCUT2D eigenvalue weighted by molar-refractivity contribution is 0.0769. The van der Waals surface area contributed by atoms with Crippen LogP contribution >= 0.6 is 7.14 Å². The van der Waals surface area contributed by atoms with E-state index in [-0.39, 0.29) is 11.1 Å². The number of hydrogen-bond acceptors (Lipinski definition) is 3.